The topological polar surface area (TPSA) is 72.9 Å². The Morgan fingerprint density at radius 3 is 2.52 bits per heavy atom. The minimum absolute atomic E-state index is 0.0160. The van der Waals surface area contributed by atoms with Gasteiger partial charge < -0.3 is 9.47 Å². The maximum atomic E-state index is 12.5. The summed E-state index contributed by atoms with van der Waals surface area (Å²) < 4.78 is 10.7. The number of nitrogens with zero attached hydrogens (tertiary/aromatic N) is 1. The fourth-order valence-corrected chi connectivity index (χ4v) is 3.32. The van der Waals surface area contributed by atoms with Crippen LogP contribution >= 0.6 is 23.4 Å². The molecule has 0 atom stereocenters. The van der Waals surface area contributed by atoms with Crippen LogP contribution < -0.4 is 4.74 Å². The van der Waals surface area contributed by atoms with Gasteiger partial charge in [0.1, 0.15) is 17.9 Å². The van der Waals surface area contributed by atoms with E-state index in [0.29, 0.717) is 16.3 Å². The number of carbonyl (C=O) groups excluding carboxylic acids is 3. The molecule has 0 aliphatic carbocycles. The molecule has 1 aliphatic heterocycles. The van der Waals surface area contributed by atoms with Crippen LogP contribution in [0.1, 0.15) is 40.2 Å². The second-order valence-corrected chi connectivity index (χ2v) is 8.61. The number of rotatable bonds is 5. The van der Waals surface area contributed by atoms with Crippen LogP contribution in [0.15, 0.2) is 23.1 Å². The minimum Gasteiger partial charge on any atom is -0.489 e. The van der Waals surface area contributed by atoms with Gasteiger partial charge in [0.25, 0.3) is 11.1 Å². The molecule has 0 aromatic heterocycles. The number of halogens is 1. The summed E-state index contributed by atoms with van der Waals surface area (Å²) in [5.74, 6) is -0.624. The van der Waals surface area contributed by atoms with E-state index in [1.807, 2.05) is 13.8 Å². The third-order valence-corrected chi connectivity index (χ3v) is 4.40. The number of imide groups is 1. The summed E-state index contributed by atoms with van der Waals surface area (Å²) in [5.41, 5.74) is -0.0375. The highest BCUT2D eigenvalue weighted by molar-refractivity contribution is 8.18. The van der Waals surface area contributed by atoms with E-state index in [-0.39, 0.29) is 11.0 Å². The molecule has 6 nitrogen and oxygen atoms in total. The van der Waals surface area contributed by atoms with Crippen molar-refractivity contribution in [1.82, 2.24) is 4.90 Å². The molecule has 146 valence electrons. The van der Waals surface area contributed by atoms with Gasteiger partial charge in [0.2, 0.25) is 0 Å². The summed E-state index contributed by atoms with van der Waals surface area (Å²) in [6.07, 6.45) is 1.54. The van der Waals surface area contributed by atoms with E-state index >= 15 is 0 Å². The van der Waals surface area contributed by atoms with Gasteiger partial charge in [0.05, 0.1) is 16.0 Å². The Bertz CT molecular complexity index is 798. The lowest BCUT2D eigenvalue weighted by atomic mass is 10.2. The zero-order chi connectivity index (χ0) is 20.4. The number of hydrogen-bond donors (Lipinski definition) is 0. The van der Waals surface area contributed by atoms with Crippen LogP contribution in [0.2, 0.25) is 5.02 Å². The number of amides is 2. The molecule has 0 spiro atoms. The zero-order valence-corrected chi connectivity index (χ0v) is 17.4. The van der Waals surface area contributed by atoms with Gasteiger partial charge in [-0.25, -0.2) is 0 Å². The van der Waals surface area contributed by atoms with E-state index in [1.165, 1.54) is 0 Å². The van der Waals surface area contributed by atoms with Gasteiger partial charge in [-0.3, -0.25) is 19.3 Å². The largest absolute Gasteiger partial charge is 0.489 e. The fraction of sp³-hybridized carbons (Fsp3) is 0.421. The van der Waals surface area contributed by atoms with E-state index in [1.54, 1.807) is 45.0 Å². The van der Waals surface area contributed by atoms with Crippen LogP contribution in [-0.2, 0) is 14.3 Å². The summed E-state index contributed by atoms with van der Waals surface area (Å²) in [6.45, 7) is 8.52. The molecule has 2 amide bonds. The molecule has 27 heavy (non-hydrogen) atoms. The maximum Gasteiger partial charge on any atom is 0.326 e. The Morgan fingerprint density at radius 1 is 1.30 bits per heavy atom. The van der Waals surface area contributed by atoms with Crippen LogP contribution in [0.4, 0.5) is 4.79 Å². The van der Waals surface area contributed by atoms with Gasteiger partial charge in [0.15, 0.2) is 0 Å². The molecule has 1 heterocycles. The van der Waals surface area contributed by atoms with Crippen molar-refractivity contribution in [3.05, 3.63) is 33.7 Å². The highest BCUT2D eigenvalue weighted by atomic mass is 35.5. The molecule has 0 saturated carbocycles. The van der Waals surface area contributed by atoms with Crippen molar-refractivity contribution in [3.8, 4) is 5.75 Å². The molecule has 2 rings (SSSR count). The number of carbonyl (C=O) groups is 3. The number of ether oxygens (including phenoxy) is 2. The average molecular weight is 412 g/mol. The Balaban J connectivity index is 2.14. The molecule has 8 heteroatoms. The second-order valence-electron chi connectivity index (χ2n) is 7.21. The van der Waals surface area contributed by atoms with Gasteiger partial charge >= 0.3 is 5.97 Å². The minimum atomic E-state index is -0.689. The number of esters is 1. The lowest BCUT2D eigenvalue weighted by molar-refractivity contribution is -0.156. The summed E-state index contributed by atoms with van der Waals surface area (Å²) >= 11 is 6.97. The Kier molecular flexibility index (Phi) is 6.59. The normalized spacial score (nSPS) is 16.4. The highest BCUT2D eigenvalue weighted by Gasteiger charge is 2.37. The lowest BCUT2D eigenvalue weighted by Crippen LogP contribution is -2.37. The lowest BCUT2D eigenvalue weighted by Gasteiger charge is -2.21. The SMILES string of the molecule is CC(C)Oc1ccc(C=C2SC(=O)N(CC(=O)OC(C)(C)C)C2=O)cc1Cl. The van der Waals surface area contributed by atoms with Crippen molar-refractivity contribution >= 4 is 46.6 Å². The van der Waals surface area contributed by atoms with Crippen molar-refractivity contribution in [1.29, 1.82) is 0 Å². The molecule has 1 aromatic rings. The van der Waals surface area contributed by atoms with Gasteiger partial charge in [-0.15, -0.1) is 0 Å². The molecule has 1 aromatic carbocycles. The zero-order valence-electron chi connectivity index (χ0n) is 15.9. The Labute approximate surface area is 167 Å². The molecule has 0 unspecified atom stereocenters. The average Bonchev–Trinajstić information content (AvgIpc) is 2.75. The second kappa shape index (κ2) is 8.35. The van der Waals surface area contributed by atoms with Gasteiger partial charge in [-0.2, -0.15) is 0 Å². The molecular weight excluding hydrogens is 390 g/mol. The van der Waals surface area contributed by atoms with Gasteiger partial charge in [0, 0.05) is 0 Å². The molecule has 1 fully saturated rings. The Hall–Kier alpha value is -1.99. The van der Waals surface area contributed by atoms with Gasteiger partial charge in [-0.05, 0) is 70.2 Å². The molecule has 1 aliphatic rings. The molecule has 0 bridgehead atoms. The van der Waals surface area contributed by atoms with Crippen molar-refractivity contribution < 1.29 is 23.9 Å². The standard InChI is InChI=1S/C19H22ClNO5S/c1-11(2)25-14-7-6-12(8-13(14)20)9-15-17(23)21(18(24)27-15)10-16(22)26-19(3,4)5/h6-9,11H,10H2,1-5H3. The van der Waals surface area contributed by atoms with Crippen molar-refractivity contribution in [2.75, 3.05) is 6.54 Å². The van der Waals surface area contributed by atoms with Crippen LogP contribution in [0.3, 0.4) is 0 Å². The van der Waals surface area contributed by atoms with Crippen LogP contribution in [0.25, 0.3) is 6.08 Å². The predicted octanol–water partition coefficient (Wildman–Crippen LogP) is 4.51. The predicted molar refractivity (Wildman–Crippen MR) is 106 cm³/mol. The summed E-state index contributed by atoms with van der Waals surface area (Å²) in [4.78, 5) is 37.6. The first kappa shape index (κ1) is 21.3. The maximum absolute atomic E-state index is 12.5. The fourth-order valence-electron chi connectivity index (χ4n) is 2.25. The number of hydrogen-bond acceptors (Lipinski definition) is 6. The third-order valence-electron chi connectivity index (χ3n) is 3.20. The van der Waals surface area contributed by atoms with Crippen molar-refractivity contribution in [2.45, 2.75) is 46.3 Å². The smallest absolute Gasteiger partial charge is 0.326 e. The number of benzene rings is 1. The highest BCUT2D eigenvalue weighted by Crippen LogP contribution is 2.34. The van der Waals surface area contributed by atoms with Crippen LogP contribution in [0.5, 0.6) is 5.75 Å². The van der Waals surface area contributed by atoms with E-state index < -0.39 is 29.3 Å². The molecule has 1 saturated heterocycles. The first-order valence-corrected chi connectivity index (χ1v) is 9.59. The van der Waals surface area contributed by atoms with Crippen LogP contribution in [-0.4, -0.2) is 40.3 Å². The van der Waals surface area contributed by atoms with E-state index in [2.05, 4.69) is 0 Å². The van der Waals surface area contributed by atoms with Crippen molar-refractivity contribution in [3.63, 3.8) is 0 Å². The quantitative estimate of drug-likeness (QED) is 0.524. The Morgan fingerprint density at radius 2 is 1.96 bits per heavy atom. The molecular formula is C19H22ClNO5S. The van der Waals surface area contributed by atoms with Gasteiger partial charge in [-0.1, -0.05) is 17.7 Å². The molecule has 0 radical (unpaired) electrons. The van der Waals surface area contributed by atoms with Crippen molar-refractivity contribution in [2.24, 2.45) is 0 Å². The van der Waals surface area contributed by atoms with Crippen LogP contribution in [0, 0.1) is 0 Å². The van der Waals surface area contributed by atoms with E-state index in [4.69, 9.17) is 21.1 Å². The first-order chi connectivity index (χ1) is 12.5. The summed E-state index contributed by atoms with van der Waals surface area (Å²) in [7, 11) is 0. The monoisotopic (exact) mass is 411 g/mol. The van der Waals surface area contributed by atoms with E-state index in [0.717, 1.165) is 16.7 Å². The number of thioether (sulfide) groups is 1. The van der Waals surface area contributed by atoms with E-state index in [9.17, 15) is 14.4 Å². The third kappa shape index (κ3) is 6.01. The summed E-state index contributed by atoms with van der Waals surface area (Å²) in [5, 5.41) is -0.103. The molecule has 0 N–H and O–H groups in total. The first-order valence-electron chi connectivity index (χ1n) is 8.39. The summed E-state index contributed by atoms with van der Waals surface area (Å²) in [6, 6.07) is 5.10.